The average Bonchev–Trinajstić information content (AvgIpc) is 3.53. The molecule has 3 aliphatic carbocycles. The summed E-state index contributed by atoms with van der Waals surface area (Å²) in [5, 5.41) is 0. The second-order valence-corrected chi connectivity index (χ2v) is 14.7. The molecule has 0 aliphatic heterocycles. The fourth-order valence-corrected chi connectivity index (χ4v) is 8.49. The van der Waals surface area contributed by atoms with E-state index in [1.54, 1.807) is 0 Å². The fourth-order valence-electron chi connectivity index (χ4n) is 8.49. The largest absolute Gasteiger partial charge is 0.247 e. The highest BCUT2D eigenvalue weighted by atomic mass is 14.8. The lowest BCUT2D eigenvalue weighted by atomic mass is 9.81. The van der Waals surface area contributed by atoms with Crippen molar-refractivity contribution in [1.82, 2.24) is 9.97 Å². The first-order chi connectivity index (χ1) is 21.6. The SMILES string of the molecule is CC1(C)c2ccccc2-c2ccc(-c3ccc4c(n3)-c3cc(-c5ccc6c(n5)-c5ccccc5C6(C)C)ccc3C4(C)C)cc21. The van der Waals surface area contributed by atoms with Crippen molar-refractivity contribution >= 4 is 0 Å². The molecule has 0 saturated carbocycles. The Morgan fingerprint density at radius 3 is 1.47 bits per heavy atom. The summed E-state index contributed by atoms with van der Waals surface area (Å²) in [6.07, 6.45) is 0. The highest BCUT2D eigenvalue weighted by molar-refractivity contribution is 5.86. The second-order valence-electron chi connectivity index (χ2n) is 14.7. The van der Waals surface area contributed by atoms with Crippen LogP contribution >= 0.6 is 0 Å². The van der Waals surface area contributed by atoms with Crippen LogP contribution in [0.5, 0.6) is 0 Å². The third-order valence-corrected chi connectivity index (χ3v) is 11.1. The Balaban J connectivity index is 1.15. The van der Waals surface area contributed by atoms with Gasteiger partial charge in [0.1, 0.15) is 0 Å². The van der Waals surface area contributed by atoms with Crippen molar-refractivity contribution in [3.63, 3.8) is 0 Å². The summed E-state index contributed by atoms with van der Waals surface area (Å²) in [4.78, 5) is 10.7. The van der Waals surface area contributed by atoms with E-state index >= 15 is 0 Å². The highest BCUT2D eigenvalue weighted by Crippen LogP contribution is 2.52. The Morgan fingerprint density at radius 1 is 0.356 bits per heavy atom. The van der Waals surface area contributed by atoms with Gasteiger partial charge in [-0.1, -0.05) is 126 Å². The smallest absolute Gasteiger partial charge is 0.0753 e. The molecule has 9 rings (SSSR count). The molecule has 4 aromatic carbocycles. The lowest BCUT2D eigenvalue weighted by Crippen LogP contribution is -2.15. The summed E-state index contributed by atoms with van der Waals surface area (Å²) >= 11 is 0. The maximum atomic E-state index is 5.40. The zero-order valence-electron chi connectivity index (χ0n) is 26.8. The van der Waals surface area contributed by atoms with Crippen LogP contribution in [0.2, 0.25) is 0 Å². The number of aromatic nitrogens is 2. The number of nitrogens with zero attached hydrogens (tertiary/aromatic N) is 2. The number of benzene rings is 4. The number of fused-ring (bicyclic) bond motifs is 9. The normalized spacial score (nSPS) is 16.8. The van der Waals surface area contributed by atoms with E-state index in [0.717, 1.165) is 28.3 Å². The van der Waals surface area contributed by atoms with Crippen molar-refractivity contribution in [2.24, 2.45) is 0 Å². The van der Waals surface area contributed by atoms with Crippen LogP contribution in [0, 0.1) is 0 Å². The molecule has 0 unspecified atom stereocenters. The van der Waals surface area contributed by atoms with Crippen molar-refractivity contribution in [2.75, 3.05) is 0 Å². The van der Waals surface area contributed by atoms with Crippen LogP contribution in [0.1, 0.15) is 74.9 Å². The maximum absolute atomic E-state index is 5.40. The third kappa shape index (κ3) is 3.46. The quantitative estimate of drug-likeness (QED) is 0.204. The van der Waals surface area contributed by atoms with Crippen LogP contribution in [-0.4, -0.2) is 9.97 Å². The van der Waals surface area contributed by atoms with Gasteiger partial charge in [-0.15, -0.1) is 0 Å². The summed E-state index contributed by atoms with van der Waals surface area (Å²) in [5.74, 6) is 0. The summed E-state index contributed by atoms with van der Waals surface area (Å²) in [6, 6.07) is 40.3. The van der Waals surface area contributed by atoms with E-state index in [4.69, 9.17) is 9.97 Å². The molecule has 0 radical (unpaired) electrons. The number of hydrogen-bond donors (Lipinski definition) is 0. The minimum absolute atomic E-state index is 0.0409. The summed E-state index contributed by atoms with van der Waals surface area (Å²) in [7, 11) is 0. The minimum Gasteiger partial charge on any atom is -0.247 e. The number of hydrogen-bond acceptors (Lipinski definition) is 2. The minimum atomic E-state index is -0.120. The Labute approximate surface area is 265 Å². The van der Waals surface area contributed by atoms with Crippen molar-refractivity contribution in [3.8, 4) is 56.2 Å². The first kappa shape index (κ1) is 26.6. The van der Waals surface area contributed by atoms with Gasteiger partial charge in [0, 0.05) is 38.5 Å². The molecule has 2 nitrogen and oxygen atoms in total. The average molecular weight is 581 g/mol. The Hall–Kier alpha value is -4.82. The first-order valence-electron chi connectivity index (χ1n) is 16.1. The van der Waals surface area contributed by atoms with Crippen LogP contribution < -0.4 is 0 Å². The molecule has 0 fully saturated rings. The molecule has 6 aromatic rings. The van der Waals surface area contributed by atoms with Crippen LogP contribution in [0.4, 0.5) is 0 Å². The van der Waals surface area contributed by atoms with Gasteiger partial charge in [0.15, 0.2) is 0 Å². The van der Waals surface area contributed by atoms with Gasteiger partial charge in [0.2, 0.25) is 0 Å². The Morgan fingerprint density at radius 2 is 0.800 bits per heavy atom. The monoisotopic (exact) mass is 580 g/mol. The number of pyridine rings is 2. The zero-order valence-corrected chi connectivity index (χ0v) is 26.8. The standard InChI is InChI=1S/C43H36N2/c1-41(2)32-14-10-8-12-29(32)39-34(41)19-21-37(44-39)25-16-18-33-30(23-25)40-35(42(33,3)4)20-22-38(45-40)26-15-17-28-27-11-7-9-13-31(27)43(5,6)36(28)24-26/h7-24H,1-6H3. The van der Waals surface area contributed by atoms with E-state index in [1.807, 2.05) is 0 Å². The lowest BCUT2D eigenvalue weighted by Gasteiger charge is -2.22. The fraction of sp³-hybridized carbons (Fsp3) is 0.209. The van der Waals surface area contributed by atoms with Crippen molar-refractivity contribution < 1.29 is 0 Å². The molecule has 0 N–H and O–H groups in total. The van der Waals surface area contributed by atoms with Crippen LogP contribution in [-0.2, 0) is 16.2 Å². The van der Waals surface area contributed by atoms with Gasteiger partial charge in [-0.05, 0) is 68.8 Å². The highest BCUT2D eigenvalue weighted by Gasteiger charge is 2.39. The molecule has 0 atom stereocenters. The number of rotatable bonds is 2. The maximum Gasteiger partial charge on any atom is 0.0753 e. The van der Waals surface area contributed by atoms with E-state index in [2.05, 4.69) is 151 Å². The molecule has 0 saturated heterocycles. The van der Waals surface area contributed by atoms with Gasteiger partial charge >= 0.3 is 0 Å². The zero-order chi connectivity index (χ0) is 30.9. The van der Waals surface area contributed by atoms with E-state index in [-0.39, 0.29) is 16.2 Å². The Bertz CT molecular complexity index is 2250. The molecule has 2 aromatic heterocycles. The van der Waals surface area contributed by atoms with Gasteiger partial charge in [-0.3, -0.25) is 0 Å². The van der Waals surface area contributed by atoms with Crippen molar-refractivity contribution in [2.45, 2.75) is 57.8 Å². The molecule has 0 amide bonds. The van der Waals surface area contributed by atoms with Crippen LogP contribution in [0.3, 0.4) is 0 Å². The molecule has 2 heteroatoms. The summed E-state index contributed by atoms with van der Waals surface area (Å²) < 4.78 is 0. The molecule has 2 heterocycles. The van der Waals surface area contributed by atoms with E-state index in [0.29, 0.717) is 0 Å². The molecular formula is C43H36N2. The summed E-state index contributed by atoms with van der Waals surface area (Å²) in [5.41, 5.74) is 19.5. The Kier molecular flexibility index (Phi) is 5.12. The van der Waals surface area contributed by atoms with Gasteiger partial charge < -0.3 is 0 Å². The summed E-state index contributed by atoms with van der Waals surface area (Å²) in [6.45, 7) is 13.9. The van der Waals surface area contributed by atoms with Crippen LogP contribution in [0.15, 0.2) is 109 Å². The first-order valence-corrected chi connectivity index (χ1v) is 16.1. The van der Waals surface area contributed by atoms with Crippen LogP contribution in [0.25, 0.3) is 56.2 Å². The van der Waals surface area contributed by atoms with Gasteiger partial charge in [-0.25, -0.2) is 9.97 Å². The molecule has 0 spiro atoms. The van der Waals surface area contributed by atoms with Gasteiger partial charge in [-0.2, -0.15) is 0 Å². The van der Waals surface area contributed by atoms with Gasteiger partial charge in [0.25, 0.3) is 0 Å². The molecule has 0 bridgehead atoms. The third-order valence-electron chi connectivity index (χ3n) is 11.1. The van der Waals surface area contributed by atoms with E-state index in [9.17, 15) is 0 Å². The molecular weight excluding hydrogens is 544 g/mol. The second kappa shape index (κ2) is 8.67. The predicted octanol–water partition coefficient (Wildman–Crippen LogP) is 10.7. The molecule has 3 aliphatic rings. The van der Waals surface area contributed by atoms with Gasteiger partial charge in [0.05, 0.1) is 22.8 Å². The molecule has 45 heavy (non-hydrogen) atoms. The topological polar surface area (TPSA) is 25.8 Å². The van der Waals surface area contributed by atoms with E-state index < -0.39 is 0 Å². The lowest BCUT2D eigenvalue weighted by molar-refractivity contribution is 0.658. The van der Waals surface area contributed by atoms with Crippen molar-refractivity contribution in [1.29, 1.82) is 0 Å². The van der Waals surface area contributed by atoms with E-state index in [1.165, 1.54) is 61.2 Å². The molecule has 218 valence electrons. The van der Waals surface area contributed by atoms with Crippen molar-refractivity contribution in [3.05, 3.63) is 143 Å². The predicted molar refractivity (Wildman–Crippen MR) is 186 cm³/mol.